The molecule has 3 aromatic rings. The van der Waals surface area contributed by atoms with E-state index in [1.54, 1.807) is 40.6 Å². The summed E-state index contributed by atoms with van der Waals surface area (Å²) < 4.78 is 1.68. The minimum absolute atomic E-state index is 0.0289. The molecule has 0 unspecified atom stereocenters. The van der Waals surface area contributed by atoms with Crippen molar-refractivity contribution in [2.24, 2.45) is 0 Å². The number of hydrogen-bond donors (Lipinski definition) is 1. The molecule has 1 aliphatic rings. The first kappa shape index (κ1) is 21.0. The normalized spacial score (nSPS) is 15.1. The molecule has 0 bridgehead atoms. The summed E-state index contributed by atoms with van der Waals surface area (Å²) in [7, 11) is 0. The Kier molecular flexibility index (Phi) is 6.51. The molecule has 0 saturated carbocycles. The van der Waals surface area contributed by atoms with Crippen molar-refractivity contribution < 1.29 is 4.79 Å². The predicted molar refractivity (Wildman–Crippen MR) is 124 cm³/mol. The maximum absolute atomic E-state index is 13.2. The van der Waals surface area contributed by atoms with Crippen molar-refractivity contribution in [1.82, 2.24) is 9.55 Å². The third-order valence-corrected chi connectivity index (χ3v) is 7.05. The van der Waals surface area contributed by atoms with Crippen molar-refractivity contribution >= 4 is 46.7 Å². The number of benzene rings is 2. The first-order valence-electron chi connectivity index (χ1n) is 9.52. The molecule has 0 saturated heterocycles. The van der Waals surface area contributed by atoms with Crippen LogP contribution in [-0.4, -0.2) is 26.5 Å². The van der Waals surface area contributed by atoms with Gasteiger partial charge in [0, 0.05) is 22.4 Å². The lowest BCUT2D eigenvalue weighted by Gasteiger charge is -2.14. The zero-order valence-electron chi connectivity index (χ0n) is 16.3. The van der Waals surface area contributed by atoms with Crippen LogP contribution < -0.4 is 10.9 Å². The predicted octanol–water partition coefficient (Wildman–Crippen LogP) is 4.71. The third kappa shape index (κ3) is 4.91. The molecule has 2 aromatic carbocycles. The second kappa shape index (κ2) is 9.29. The van der Waals surface area contributed by atoms with Crippen LogP contribution in [0.4, 0.5) is 5.69 Å². The average Bonchev–Trinajstić information content (AvgIpc) is 3.12. The topological polar surface area (TPSA) is 64.0 Å². The van der Waals surface area contributed by atoms with E-state index in [0.717, 1.165) is 22.6 Å². The lowest BCUT2D eigenvalue weighted by molar-refractivity contribution is -0.113. The second-order valence-electron chi connectivity index (χ2n) is 7.02. The van der Waals surface area contributed by atoms with E-state index in [1.807, 2.05) is 30.3 Å². The Hall–Kier alpha value is -2.22. The molecule has 0 spiro atoms. The van der Waals surface area contributed by atoms with Crippen LogP contribution in [0.3, 0.4) is 0 Å². The maximum atomic E-state index is 13.2. The molecular weight excluding hydrogens is 438 g/mol. The number of carbonyl (C=O) groups excluding carboxylic acids is 1. The average molecular weight is 458 g/mol. The van der Waals surface area contributed by atoms with Crippen molar-refractivity contribution in [3.63, 3.8) is 0 Å². The number of halogens is 1. The Balaban J connectivity index is 1.56. The molecule has 0 radical (unpaired) electrons. The van der Waals surface area contributed by atoms with Gasteiger partial charge in [-0.15, -0.1) is 11.8 Å². The van der Waals surface area contributed by atoms with E-state index >= 15 is 0 Å². The molecule has 1 atom stereocenters. The van der Waals surface area contributed by atoms with Crippen molar-refractivity contribution in [3.8, 4) is 0 Å². The van der Waals surface area contributed by atoms with Crippen LogP contribution in [-0.2, 0) is 17.8 Å². The Labute approximate surface area is 188 Å². The van der Waals surface area contributed by atoms with E-state index in [2.05, 4.69) is 12.2 Å². The standard InChI is InChI=1S/C22H20ClN3O2S2/c1-14-11-18-20(30-14)21(28)26(12-15-5-3-2-4-6-15)22(25-18)29-13-19(27)24-17-9-7-16(23)8-10-17/h2-10,14H,11-13H2,1H3,(H,24,27)/t14-/m0/s1. The van der Waals surface area contributed by atoms with E-state index < -0.39 is 0 Å². The number of aromatic nitrogens is 2. The van der Waals surface area contributed by atoms with Gasteiger partial charge in [-0.05, 0) is 29.8 Å². The monoisotopic (exact) mass is 457 g/mol. The molecule has 1 aliphatic heterocycles. The Bertz CT molecular complexity index is 1120. The quantitative estimate of drug-likeness (QED) is 0.429. The number of nitrogens with one attached hydrogen (secondary N) is 1. The Morgan fingerprint density at radius 1 is 1.23 bits per heavy atom. The number of rotatable bonds is 6. The highest BCUT2D eigenvalue weighted by Gasteiger charge is 2.26. The summed E-state index contributed by atoms with van der Waals surface area (Å²) >= 11 is 8.75. The zero-order valence-corrected chi connectivity index (χ0v) is 18.7. The van der Waals surface area contributed by atoms with Crippen LogP contribution in [0.1, 0.15) is 18.2 Å². The van der Waals surface area contributed by atoms with Crippen LogP contribution in [0.15, 0.2) is 69.4 Å². The summed E-state index contributed by atoms with van der Waals surface area (Å²) in [6, 6.07) is 16.8. The smallest absolute Gasteiger partial charge is 0.268 e. The molecule has 8 heteroatoms. The minimum Gasteiger partial charge on any atom is -0.325 e. The highest BCUT2D eigenvalue weighted by molar-refractivity contribution is 8.00. The van der Waals surface area contributed by atoms with Crippen LogP contribution in [0.25, 0.3) is 0 Å². The second-order valence-corrected chi connectivity index (χ2v) is 9.85. The fraction of sp³-hybridized carbons (Fsp3) is 0.227. The number of nitrogens with zero attached hydrogens (tertiary/aromatic N) is 2. The van der Waals surface area contributed by atoms with Gasteiger partial charge in [-0.3, -0.25) is 14.2 Å². The largest absolute Gasteiger partial charge is 0.325 e. The fourth-order valence-electron chi connectivity index (χ4n) is 3.21. The van der Waals surface area contributed by atoms with Gasteiger partial charge >= 0.3 is 0 Å². The highest BCUT2D eigenvalue weighted by atomic mass is 35.5. The summed E-state index contributed by atoms with van der Waals surface area (Å²) in [5.74, 6) is -0.00297. The Morgan fingerprint density at radius 3 is 2.70 bits per heavy atom. The van der Waals surface area contributed by atoms with Gasteiger partial charge in [-0.2, -0.15) is 0 Å². The summed E-state index contributed by atoms with van der Waals surface area (Å²) in [5, 5.41) is 4.36. The van der Waals surface area contributed by atoms with Gasteiger partial charge in [-0.25, -0.2) is 4.98 Å². The van der Waals surface area contributed by atoms with Crippen LogP contribution >= 0.6 is 35.1 Å². The van der Waals surface area contributed by atoms with Crippen LogP contribution in [0, 0.1) is 0 Å². The van der Waals surface area contributed by atoms with Crippen molar-refractivity contribution in [1.29, 1.82) is 0 Å². The molecule has 154 valence electrons. The van der Waals surface area contributed by atoms with E-state index in [4.69, 9.17) is 16.6 Å². The lowest BCUT2D eigenvalue weighted by atomic mass is 10.2. The van der Waals surface area contributed by atoms with Crippen molar-refractivity contribution in [2.45, 2.75) is 35.2 Å². The molecule has 1 amide bonds. The van der Waals surface area contributed by atoms with E-state index in [-0.39, 0.29) is 17.2 Å². The number of hydrogen-bond acceptors (Lipinski definition) is 5. The summed E-state index contributed by atoms with van der Waals surface area (Å²) in [4.78, 5) is 31.1. The van der Waals surface area contributed by atoms with Gasteiger partial charge in [0.1, 0.15) is 0 Å². The summed E-state index contributed by atoms with van der Waals surface area (Å²) in [6.45, 7) is 2.52. The summed E-state index contributed by atoms with van der Waals surface area (Å²) in [5.41, 5.74) is 2.50. The molecule has 1 aromatic heterocycles. The van der Waals surface area contributed by atoms with Gasteiger partial charge in [0.05, 0.1) is 22.9 Å². The number of anilines is 1. The van der Waals surface area contributed by atoms with Gasteiger partial charge < -0.3 is 5.32 Å². The molecule has 5 nitrogen and oxygen atoms in total. The third-order valence-electron chi connectivity index (χ3n) is 4.61. The molecular formula is C22H20ClN3O2S2. The maximum Gasteiger partial charge on any atom is 0.268 e. The zero-order chi connectivity index (χ0) is 21.1. The molecule has 2 heterocycles. The van der Waals surface area contributed by atoms with E-state index in [1.165, 1.54) is 11.8 Å². The van der Waals surface area contributed by atoms with Crippen molar-refractivity contribution in [3.05, 3.63) is 81.2 Å². The number of carbonyl (C=O) groups is 1. The van der Waals surface area contributed by atoms with Crippen LogP contribution in [0.5, 0.6) is 0 Å². The van der Waals surface area contributed by atoms with Gasteiger partial charge in [0.2, 0.25) is 5.91 Å². The first-order valence-corrected chi connectivity index (χ1v) is 11.8. The fourth-order valence-corrected chi connectivity index (χ4v) is 5.26. The lowest BCUT2D eigenvalue weighted by Crippen LogP contribution is -2.26. The molecule has 1 N–H and O–H groups in total. The van der Waals surface area contributed by atoms with Crippen LogP contribution in [0.2, 0.25) is 5.02 Å². The minimum atomic E-state index is -0.161. The molecule has 0 aliphatic carbocycles. The molecule has 0 fully saturated rings. The summed E-state index contributed by atoms with van der Waals surface area (Å²) in [6.07, 6.45) is 0.770. The van der Waals surface area contributed by atoms with Gasteiger partial charge in [-0.1, -0.05) is 60.6 Å². The van der Waals surface area contributed by atoms with E-state index in [0.29, 0.717) is 27.7 Å². The number of thioether (sulfide) groups is 2. The highest BCUT2D eigenvalue weighted by Crippen LogP contribution is 2.34. The molecule has 4 rings (SSSR count). The van der Waals surface area contributed by atoms with Gasteiger partial charge in [0.25, 0.3) is 5.56 Å². The number of amides is 1. The SMILES string of the molecule is C[C@H]1Cc2nc(SCC(=O)Nc3ccc(Cl)cc3)n(Cc3ccccc3)c(=O)c2S1. The molecule has 30 heavy (non-hydrogen) atoms. The van der Waals surface area contributed by atoms with Crippen molar-refractivity contribution in [2.75, 3.05) is 11.1 Å². The van der Waals surface area contributed by atoms with E-state index in [9.17, 15) is 9.59 Å². The first-order chi connectivity index (χ1) is 14.5. The Morgan fingerprint density at radius 2 is 1.97 bits per heavy atom. The van der Waals surface area contributed by atoms with Gasteiger partial charge in [0.15, 0.2) is 5.16 Å². The number of fused-ring (bicyclic) bond motifs is 1.